The summed E-state index contributed by atoms with van der Waals surface area (Å²) in [6, 6.07) is 17.8. The zero-order valence-corrected chi connectivity index (χ0v) is 14.5. The highest BCUT2D eigenvalue weighted by Crippen LogP contribution is 2.30. The Hall–Kier alpha value is -3.21. The summed E-state index contributed by atoms with van der Waals surface area (Å²) in [6.07, 6.45) is 2.30. The van der Waals surface area contributed by atoms with Crippen molar-refractivity contribution in [2.75, 3.05) is 6.61 Å². The molecule has 0 unspecified atom stereocenters. The third kappa shape index (κ3) is 3.88. The molecule has 0 aliphatic heterocycles. The summed E-state index contributed by atoms with van der Waals surface area (Å²) in [4.78, 5) is 22.0. The van der Waals surface area contributed by atoms with Crippen LogP contribution < -0.4 is 0 Å². The van der Waals surface area contributed by atoms with Gasteiger partial charge in [-0.3, -0.25) is 14.9 Å². The standard InChI is InChI=1S/C21H19NO4/c1-15(23)26-12-6-9-18(22(24)25)14-21-19-10-4-2-7-16(19)13-17-8-3-5-11-20(17)21/h2-5,7-8,10-11,13-14H,6,9,12H2,1H3/b18-14+. The maximum absolute atomic E-state index is 11.5. The first-order valence-corrected chi connectivity index (χ1v) is 8.45. The van der Waals surface area contributed by atoms with Crippen molar-refractivity contribution in [3.63, 3.8) is 0 Å². The number of nitro groups is 1. The van der Waals surface area contributed by atoms with Crippen molar-refractivity contribution in [2.24, 2.45) is 0 Å². The summed E-state index contributed by atoms with van der Waals surface area (Å²) in [5.74, 6) is -0.378. The molecule has 0 fully saturated rings. The molecular formula is C21H19NO4. The van der Waals surface area contributed by atoms with E-state index in [0.717, 1.165) is 27.1 Å². The van der Waals surface area contributed by atoms with E-state index < -0.39 is 0 Å². The third-order valence-electron chi connectivity index (χ3n) is 4.24. The summed E-state index contributed by atoms with van der Waals surface area (Å²) >= 11 is 0. The summed E-state index contributed by atoms with van der Waals surface area (Å²) in [7, 11) is 0. The molecule has 0 spiro atoms. The van der Waals surface area contributed by atoms with Gasteiger partial charge in [0.15, 0.2) is 0 Å². The van der Waals surface area contributed by atoms with E-state index in [4.69, 9.17) is 4.74 Å². The molecule has 0 aromatic heterocycles. The lowest BCUT2D eigenvalue weighted by Crippen LogP contribution is -2.04. The van der Waals surface area contributed by atoms with Crippen molar-refractivity contribution in [3.05, 3.63) is 76.0 Å². The Balaban J connectivity index is 2.06. The predicted octanol–water partition coefficient (Wildman–Crippen LogP) is 4.95. The summed E-state index contributed by atoms with van der Waals surface area (Å²) in [5, 5.41) is 15.6. The van der Waals surface area contributed by atoms with Crippen LogP contribution in [-0.2, 0) is 9.53 Å². The second-order valence-corrected chi connectivity index (χ2v) is 6.07. The fourth-order valence-electron chi connectivity index (χ4n) is 3.06. The number of esters is 1. The average molecular weight is 349 g/mol. The zero-order valence-electron chi connectivity index (χ0n) is 14.5. The van der Waals surface area contributed by atoms with Gasteiger partial charge in [-0.05, 0) is 39.6 Å². The molecule has 5 heteroatoms. The van der Waals surface area contributed by atoms with Crippen molar-refractivity contribution < 1.29 is 14.5 Å². The van der Waals surface area contributed by atoms with Gasteiger partial charge in [0.2, 0.25) is 5.70 Å². The highest BCUT2D eigenvalue weighted by molar-refractivity contribution is 6.06. The van der Waals surface area contributed by atoms with E-state index in [1.807, 2.05) is 48.5 Å². The molecule has 0 heterocycles. The summed E-state index contributed by atoms with van der Waals surface area (Å²) < 4.78 is 4.87. The van der Waals surface area contributed by atoms with Gasteiger partial charge in [0.1, 0.15) is 0 Å². The fourth-order valence-corrected chi connectivity index (χ4v) is 3.06. The van der Waals surface area contributed by atoms with Gasteiger partial charge >= 0.3 is 5.97 Å². The molecule has 26 heavy (non-hydrogen) atoms. The maximum atomic E-state index is 11.5. The predicted molar refractivity (Wildman–Crippen MR) is 102 cm³/mol. The lowest BCUT2D eigenvalue weighted by atomic mass is 9.96. The van der Waals surface area contributed by atoms with Crippen LogP contribution in [0.4, 0.5) is 0 Å². The number of carbonyl (C=O) groups is 1. The number of fused-ring (bicyclic) bond motifs is 2. The minimum atomic E-state index is -0.378. The quantitative estimate of drug-likeness (QED) is 0.207. The first-order chi connectivity index (χ1) is 12.6. The normalized spacial score (nSPS) is 11.7. The molecule has 0 N–H and O–H groups in total. The molecule has 0 bridgehead atoms. The fraction of sp³-hybridized carbons (Fsp3) is 0.190. The summed E-state index contributed by atoms with van der Waals surface area (Å²) in [5.41, 5.74) is 0.955. The Morgan fingerprint density at radius 2 is 1.65 bits per heavy atom. The monoisotopic (exact) mass is 349 g/mol. The van der Waals surface area contributed by atoms with Crippen molar-refractivity contribution >= 4 is 33.6 Å². The molecule has 0 saturated carbocycles. The van der Waals surface area contributed by atoms with E-state index in [2.05, 4.69) is 6.07 Å². The molecule has 3 rings (SSSR count). The molecule has 0 amide bonds. The molecule has 0 saturated heterocycles. The third-order valence-corrected chi connectivity index (χ3v) is 4.24. The van der Waals surface area contributed by atoms with Gasteiger partial charge in [-0.2, -0.15) is 0 Å². The van der Waals surface area contributed by atoms with Crippen LogP contribution in [0.2, 0.25) is 0 Å². The number of rotatable bonds is 6. The Morgan fingerprint density at radius 1 is 1.08 bits per heavy atom. The maximum Gasteiger partial charge on any atom is 0.302 e. The number of carbonyl (C=O) groups excluding carboxylic acids is 1. The first kappa shape index (κ1) is 17.6. The number of hydrogen-bond donors (Lipinski definition) is 0. The number of benzene rings is 3. The molecular weight excluding hydrogens is 330 g/mol. The minimum Gasteiger partial charge on any atom is -0.466 e. The van der Waals surface area contributed by atoms with Gasteiger partial charge < -0.3 is 4.74 Å². The second-order valence-electron chi connectivity index (χ2n) is 6.07. The second kappa shape index (κ2) is 7.78. The Bertz CT molecular complexity index is 953. The molecule has 132 valence electrons. The molecule has 0 radical (unpaired) electrons. The van der Waals surface area contributed by atoms with Crippen molar-refractivity contribution in [3.8, 4) is 0 Å². The number of ether oxygens (including phenoxy) is 1. The van der Waals surface area contributed by atoms with Crippen LogP contribution in [0.3, 0.4) is 0 Å². The van der Waals surface area contributed by atoms with Gasteiger partial charge in [0.25, 0.3) is 0 Å². The van der Waals surface area contributed by atoms with E-state index in [1.54, 1.807) is 6.08 Å². The topological polar surface area (TPSA) is 69.4 Å². The van der Waals surface area contributed by atoms with Gasteiger partial charge in [-0.25, -0.2) is 0 Å². The average Bonchev–Trinajstić information content (AvgIpc) is 2.63. The SMILES string of the molecule is CC(=O)OCCC/C(=C\c1c2ccccc2cc2ccccc12)[N+](=O)[O-]. The molecule has 0 aliphatic carbocycles. The zero-order chi connectivity index (χ0) is 18.5. The van der Waals surface area contributed by atoms with E-state index in [-0.39, 0.29) is 29.6 Å². The van der Waals surface area contributed by atoms with Crippen LogP contribution in [0.5, 0.6) is 0 Å². The molecule has 0 aliphatic rings. The van der Waals surface area contributed by atoms with Crippen LogP contribution in [0, 0.1) is 10.1 Å². The van der Waals surface area contributed by atoms with E-state index in [1.165, 1.54) is 6.92 Å². The molecule has 3 aromatic carbocycles. The smallest absolute Gasteiger partial charge is 0.302 e. The molecule has 0 atom stereocenters. The van der Waals surface area contributed by atoms with Crippen LogP contribution >= 0.6 is 0 Å². The lowest BCUT2D eigenvalue weighted by Gasteiger charge is -2.09. The van der Waals surface area contributed by atoms with Crippen molar-refractivity contribution in [1.29, 1.82) is 0 Å². The van der Waals surface area contributed by atoms with Crippen molar-refractivity contribution in [1.82, 2.24) is 0 Å². The van der Waals surface area contributed by atoms with Crippen LogP contribution in [0.25, 0.3) is 27.6 Å². The van der Waals surface area contributed by atoms with Gasteiger partial charge in [0.05, 0.1) is 11.5 Å². The van der Waals surface area contributed by atoms with E-state index >= 15 is 0 Å². The number of nitrogens with zero attached hydrogens (tertiary/aromatic N) is 1. The van der Waals surface area contributed by atoms with Gasteiger partial charge in [0, 0.05) is 19.4 Å². The van der Waals surface area contributed by atoms with Crippen LogP contribution in [0.1, 0.15) is 25.3 Å². The highest BCUT2D eigenvalue weighted by Gasteiger charge is 2.14. The van der Waals surface area contributed by atoms with Crippen LogP contribution in [-0.4, -0.2) is 17.5 Å². The molecule has 5 nitrogen and oxygen atoms in total. The van der Waals surface area contributed by atoms with E-state index in [0.29, 0.717) is 6.42 Å². The molecule has 3 aromatic rings. The highest BCUT2D eigenvalue weighted by atomic mass is 16.6. The number of hydrogen-bond acceptors (Lipinski definition) is 4. The number of allylic oxidation sites excluding steroid dienone is 1. The van der Waals surface area contributed by atoms with Crippen LogP contribution in [0.15, 0.2) is 60.3 Å². The van der Waals surface area contributed by atoms with Gasteiger partial charge in [-0.1, -0.05) is 48.5 Å². The Kier molecular flexibility index (Phi) is 5.27. The first-order valence-electron chi connectivity index (χ1n) is 8.45. The van der Waals surface area contributed by atoms with Crippen molar-refractivity contribution in [2.45, 2.75) is 19.8 Å². The lowest BCUT2D eigenvalue weighted by molar-refractivity contribution is -0.426. The van der Waals surface area contributed by atoms with Gasteiger partial charge in [-0.15, -0.1) is 0 Å². The largest absolute Gasteiger partial charge is 0.466 e. The Labute approximate surface area is 151 Å². The Morgan fingerprint density at radius 3 is 2.19 bits per heavy atom. The minimum absolute atomic E-state index is 0.110. The summed E-state index contributed by atoms with van der Waals surface area (Å²) in [6.45, 7) is 1.50. The van der Waals surface area contributed by atoms with E-state index in [9.17, 15) is 14.9 Å².